The fourth-order valence-electron chi connectivity index (χ4n) is 3.50. The van der Waals surface area contributed by atoms with Gasteiger partial charge in [0.05, 0.1) is 0 Å². The third kappa shape index (κ3) is 5.72. The Morgan fingerprint density at radius 2 is 1.79 bits per heavy atom. The van der Waals surface area contributed by atoms with Crippen LogP contribution in [-0.2, 0) is 6.54 Å². The summed E-state index contributed by atoms with van der Waals surface area (Å²) in [7, 11) is 0. The quantitative estimate of drug-likeness (QED) is 0.683. The van der Waals surface area contributed by atoms with Gasteiger partial charge in [0, 0.05) is 34.8 Å². The smallest absolute Gasteiger partial charge is 0.263 e. The van der Waals surface area contributed by atoms with Gasteiger partial charge in [-0.15, -0.1) is 0 Å². The van der Waals surface area contributed by atoms with Gasteiger partial charge in [0.1, 0.15) is 5.82 Å². The number of alkyl halides is 2. The molecule has 0 aromatic heterocycles. The molecule has 2 aromatic rings. The fraction of sp³-hybridized carbons (Fsp3) is 0.381. The van der Waals surface area contributed by atoms with Crippen LogP contribution in [0.25, 0.3) is 0 Å². The van der Waals surface area contributed by atoms with Crippen LogP contribution < -0.4 is 10.6 Å². The van der Waals surface area contributed by atoms with Crippen molar-refractivity contribution in [1.82, 2.24) is 10.6 Å². The van der Waals surface area contributed by atoms with Gasteiger partial charge < -0.3 is 10.6 Å². The van der Waals surface area contributed by atoms with Crippen molar-refractivity contribution in [1.29, 1.82) is 0 Å². The minimum absolute atomic E-state index is 0.0229. The van der Waals surface area contributed by atoms with Crippen LogP contribution in [-0.4, -0.2) is 18.0 Å². The number of rotatable bonds is 6. The van der Waals surface area contributed by atoms with Crippen LogP contribution >= 0.6 is 11.6 Å². The first-order valence-electron chi connectivity index (χ1n) is 9.28. The molecule has 28 heavy (non-hydrogen) atoms. The summed E-state index contributed by atoms with van der Waals surface area (Å²) in [5.41, 5.74) is 1.07. The van der Waals surface area contributed by atoms with E-state index in [1.54, 1.807) is 6.07 Å². The molecule has 1 amide bonds. The molecule has 0 spiro atoms. The van der Waals surface area contributed by atoms with Gasteiger partial charge in [-0.2, -0.15) is 0 Å². The van der Waals surface area contributed by atoms with Crippen molar-refractivity contribution in [3.05, 3.63) is 70.0 Å². The molecule has 0 aliphatic heterocycles. The highest BCUT2D eigenvalue weighted by molar-refractivity contribution is 6.31. The molecule has 1 aliphatic rings. The highest BCUT2D eigenvalue weighted by atomic mass is 35.5. The Morgan fingerprint density at radius 3 is 2.46 bits per heavy atom. The average molecular weight is 411 g/mol. The number of carbonyl (C=O) groups excluding carboxylic acids is 1. The second-order valence-corrected chi connectivity index (χ2v) is 7.54. The Labute approximate surface area is 167 Å². The number of nitrogens with one attached hydrogen (secondary N) is 2. The van der Waals surface area contributed by atoms with Gasteiger partial charge in [-0.3, -0.25) is 4.79 Å². The first-order valence-corrected chi connectivity index (χ1v) is 9.66. The van der Waals surface area contributed by atoms with E-state index in [-0.39, 0.29) is 34.1 Å². The Kier molecular flexibility index (Phi) is 6.97. The molecule has 150 valence electrons. The molecule has 3 nitrogen and oxygen atoms in total. The summed E-state index contributed by atoms with van der Waals surface area (Å²) in [6.45, 7) is 0.532. The number of amides is 1. The lowest BCUT2D eigenvalue weighted by Crippen LogP contribution is -2.42. The zero-order valence-electron chi connectivity index (χ0n) is 15.2. The highest BCUT2D eigenvalue weighted by Crippen LogP contribution is 2.22. The number of benzene rings is 2. The van der Waals surface area contributed by atoms with E-state index in [4.69, 9.17) is 11.6 Å². The second kappa shape index (κ2) is 9.43. The largest absolute Gasteiger partial charge is 0.349 e. The first kappa shape index (κ1) is 20.7. The molecule has 0 radical (unpaired) electrons. The van der Waals surface area contributed by atoms with Gasteiger partial charge in [-0.25, -0.2) is 13.2 Å². The Bertz CT molecular complexity index is 803. The second-order valence-electron chi connectivity index (χ2n) is 7.11. The van der Waals surface area contributed by atoms with Crippen LogP contribution in [0.2, 0.25) is 5.02 Å². The van der Waals surface area contributed by atoms with E-state index in [1.165, 1.54) is 24.3 Å². The maximum absolute atomic E-state index is 13.4. The third-order valence-electron chi connectivity index (χ3n) is 4.99. The number of hydrogen-bond acceptors (Lipinski definition) is 2. The minimum atomic E-state index is -2.47. The molecular weight excluding hydrogens is 389 g/mol. The van der Waals surface area contributed by atoms with Crippen LogP contribution in [0.4, 0.5) is 13.2 Å². The lowest BCUT2D eigenvalue weighted by Gasteiger charge is -2.30. The summed E-state index contributed by atoms with van der Waals surface area (Å²) in [5, 5.41) is 6.52. The molecule has 2 aromatic carbocycles. The zero-order valence-corrected chi connectivity index (χ0v) is 16.0. The van der Waals surface area contributed by atoms with Crippen molar-refractivity contribution in [2.45, 2.75) is 50.7 Å². The molecule has 1 aliphatic carbocycles. The summed E-state index contributed by atoms with van der Waals surface area (Å²) in [5.74, 6) is -0.872. The van der Waals surface area contributed by atoms with Crippen molar-refractivity contribution in [2.24, 2.45) is 0 Å². The van der Waals surface area contributed by atoms with E-state index in [0.29, 0.717) is 6.54 Å². The molecule has 2 N–H and O–H groups in total. The minimum Gasteiger partial charge on any atom is -0.349 e. The van der Waals surface area contributed by atoms with Gasteiger partial charge in [0.2, 0.25) is 0 Å². The van der Waals surface area contributed by atoms with Gasteiger partial charge in [-0.05, 0) is 55.5 Å². The summed E-state index contributed by atoms with van der Waals surface area (Å²) >= 11 is 5.80. The van der Waals surface area contributed by atoms with Crippen molar-refractivity contribution < 1.29 is 18.0 Å². The van der Waals surface area contributed by atoms with Crippen LogP contribution in [0.15, 0.2) is 42.5 Å². The molecule has 0 bridgehead atoms. The third-order valence-corrected chi connectivity index (χ3v) is 5.20. The normalized spacial score (nSPS) is 19.6. The predicted molar refractivity (Wildman–Crippen MR) is 103 cm³/mol. The fourth-order valence-corrected chi connectivity index (χ4v) is 3.72. The van der Waals surface area contributed by atoms with Crippen molar-refractivity contribution in [2.75, 3.05) is 0 Å². The summed E-state index contributed by atoms with van der Waals surface area (Å²) in [6, 6.07) is 10.5. The maximum atomic E-state index is 13.4. The van der Waals surface area contributed by atoms with Gasteiger partial charge >= 0.3 is 0 Å². The lowest BCUT2D eigenvalue weighted by atomic mass is 9.90. The zero-order chi connectivity index (χ0) is 20.1. The summed E-state index contributed by atoms with van der Waals surface area (Å²) in [4.78, 5) is 12.3. The summed E-state index contributed by atoms with van der Waals surface area (Å²) < 4.78 is 38.9. The Morgan fingerprint density at radius 1 is 1.07 bits per heavy atom. The van der Waals surface area contributed by atoms with Crippen LogP contribution in [0.3, 0.4) is 0 Å². The molecular formula is C21H22ClF3N2O. The van der Waals surface area contributed by atoms with E-state index in [1.807, 2.05) is 6.07 Å². The SMILES string of the molecule is O=C(NC1CCC(NCc2cccc(C(F)F)c2)CC1)c1cc(F)cc(Cl)c1. The van der Waals surface area contributed by atoms with Crippen LogP contribution in [0.1, 0.15) is 53.6 Å². The first-order chi connectivity index (χ1) is 13.4. The molecule has 0 unspecified atom stereocenters. The number of halogens is 4. The Balaban J connectivity index is 1.45. The van der Waals surface area contributed by atoms with Crippen molar-refractivity contribution >= 4 is 17.5 Å². The van der Waals surface area contributed by atoms with Gasteiger partial charge in [0.15, 0.2) is 0 Å². The van der Waals surface area contributed by atoms with Crippen molar-refractivity contribution in [3.8, 4) is 0 Å². The summed E-state index contributed by atoms with van der Waals surface area (Å²) in [6.07, 6.45) is 0.854. The van der Waals surface area contributed by atoms with E-state index in [2.05, 4.69) is 10.6 Å². The van der Waals surface area contributed by atoms with Gasteiger partial charge in [0.25, 0.3) is 12.3 Å². The number of carbonyl (C=O) groups is 1. The monoisotopic (exact) mass is 410 g/mol. The molecule has 1 saturated carbocycles. The van der Waals surface area contributed by atoms with E-state index in [0.717, 1.165) is 37.3 Å². The topological polar surface area (TPSA) is 41.1 Å². The van der Waals surface area contributed by atoms with E-state index in [9.17, 15) is 18.0 Å². The standard InChI is InChI=1S/C21H22ClF3N2O/c22-16-9-15(10-17(23)11-16)21(28)27-19-6-4-18(5-7-19)26-12-13-2-1-3-14(8-13)20(24)25/h1-3,8-11,18-20,26H,4-7,12H2,(H,27,28). The van der Waals surface area contributed by atoms with Crippen molar-refractivity contribution in [3.63, 3.8) is 0 Å². The van der Waals surface area contributed by atoms with E-state index >= 15 is 0 Å². The van der Waals surface area contributed by atoms with Gasteiger partial charge in [-0.1, -0.05) is 29.8 Å². The maximum Gasteiger partial charge on any atom is 0.263 e. The molecule has 0 heterocycles. The Hall–Kier alpha value is -2.05. The molecule has 1 fully saturated rings. The van der Waals surface area contributed by atoms with Crippen LogP contribution in [0.5, 0.6) is 0 Å². The number of hydrogen-bond donors (Lipinski definition) is 2. The molecule has 3 rings (SSSR count). The molecule has 0 atom stereocenters. The molecule has 7 heteroatoms. The molecule has 0 saturated heterocycles. The predicted octanol–water partition coefficient (Wildman–Crippen LogP) is 5.25. The van der Waals surface area contributed by atoms with E-state index < -0.39 is 12.2 Å². The lowest BCUT2D eigenvalue weighted by molar-refractivity contribution is 0.0923. The highest BCUT2D eigenvalue weighted by Gasteiger charge is 2.23. The van der Waals surface area contributed by atoms with Crippen LogP contribution in [0, 0.1) is 5.82 Å². The average Bonchev–Trinajstić information content (AvgIpc) is 2.67.